The summed E-state index contributed by atoms with van der Waals surface area (Å²) in [5.74, 6) is -2.01. The molecule has 1 atom stereocenters. The monoisotopic (exact) mass is 492 g/mol. The van der Waals surface area contributed by atoms with Gasteiger partial charge in [0, 0.05) is 25.2 Å². The molecule has 0 radical (unpaired) electrons. The molecular formula is C23H32N4O8. The topological polar surface area (TPSA) is 162 Å². The Kier molecular flexibility index (Phi) is 11.0. The van der Waals surface area contributed by atoms with Gasteiger partial charge in [-0.3, -0.25) is 34.6 Å². The number of carbonyl (C=O) groups is 3. The number of nitrogens with zero attached hydrogens (tertiary/aromatic N) is 3. The maximum absolute atomic E-state index is 13.1. The number of hydrogen-bond donors (Lipinski definition) is 1. The molecule has 1 heterocycles. The third-order valence-electron chi connectivity index (χ3n) is 5.78. The van der Waals surface area contributed by atoms with Crippen molar-refractivity contribution >= 4 is 29.2 Å². The van der Waals surface area contributed by atoms with E-state index in [1.807, 2.05) is 0 Å². The van der Waals surface area contributed by atoms with Crippen molar-refractivity contribution in [2.75, 3.05) is 19.7 Å². The van der Waals surface area contributed by atoms with Gasteiger partial charge in [-0.15, -0.1) is 0 Å². The van der Waals surface area contributed by atoms with Gasteiger partial charge in [0.25, 0.3) is 17.3 Å². The van der Waals surface area contributed by atoms with Crippen LogP contribution < -0.4 is 5.32 Å². The molecule has 192 valence electrons. The van der Waals surface area contributed by atoms with E-state index in [2.05, 4.69) is 12.2 Å². The minimum atomic E-state index is -1.18. The van der Waals surface area contributed by atoms with Crippen LogP contribution in [-0.4, -0.2) is 58.3 Å². The number of esters is 1. The Hall–Kier alpha value is -3.57. The van der Waals surface area contributed by atoms with Crippen molar-refractivity contribution < 1.29 is 29.0 Å². The molecule has 1 aliphatic heterocycles. The number of benzene rings is 1. The van der Waals surface area contributed by atoms with Crippen molar-refractivity contribution in [2.45, 2.75) is 70.8 Å². The first-order valence-corrected chi connectivity index (χ1v) is 11.9. The molecule has 0 aliphatic carbocycles. The number of nitro benzene ring substituents is 2. The second kappa shape index (κ2) is 14.0. The minimum Gasteiger partial charge on any atom is -0.466 e. The molecule has 1 aromatic carbocycles. The number of ether oxygens (including phenoxy) is 1. The lowest BCUT2D eigenvalue weighted by atomic mass is 10.1. The number of hydrogen-bond acceptors (Lipinski definition) is 8. The van der Waals surface area contributed by atoms with E-state index in [9.17, 15) is 34.6 Å². The quantitative estimate of drug-likeness (QED) is 0.178. The van der Waals surface area contributed by atoms with Crippen molar-refractivity contribution in [2.24, 2.45) is 0 Å². The molecule has 1 fully saturated rings. The highest BCUT2D eigenvalue weighted by molar-refractivity contribution is 6.00. The standard InChI is InChI=1S/C23H32N4O8/c1-2-3-4-5-6-7-8-9-12-35-21(28)16-20-22(29)24-10-11-25(20)23(30)17-13-18(26(31)32)15-19(14-17)27(33)34/h13-15,20H,2-12,16H2,1H3,(H,24,29). The van der Waals surface area contributed by atoms with Gasteiger partial charge >= 0.3 is 5.97 Å². The highest BCUT2D eigenvalue weighted by atomic mass is 16.6. The first-order chi connectivity index (χ1) is 16.7. The van der Waals surface area contributed by atoms with E-state index in [1.165, 1.54) is 25.7 Å². The fraction of sp³-hybridized carbons (Fsp3) is 0.609. The second-order valence-corrected chi connectivity index (χ2v) is 8.46. The Morgan fingerprint density at radius 3 is 2.14 bits per heavy atom. The van der Waals surface area contributed by atoms with Gasteiger partial charge in [-0.25, -0.2) is 0 Å². The molecular weight excluding hydrogens is 460 g/mol. The second-order valence-electron chi connectivity index (χ2n) is 8.46. The zero-order valence-electron chi connectivity index (χ0n) is 19.9. The normalized spacial score (nSPS) is 15.4. The molecule has 2 rings (SSSR count). The summed E-state index contributed by atoms with van der Waals surface area (Å²) in [6.45, 7) is 2.54. The van der Waals surface area contributed by atoms with Gasteiger partial charge < -0.3 is 15.0 Å². The van der Waals surface area contributed by atoms with E-state index >= 15 is 0 Å². The third-order valence-corrected chi connectivity index (χ3v) is 5.78. The zero-order chi connectivity index (χ0) is 25.8. The maximum Gasteiger partial charge on any atom is 0.308 e. The molecule has 1 unspecified atom stereocenters. The van der Waals surface area contributed by atoms with Crippen LogP contribution in [0.2, 0.25) is 0 Å². The summed E-state index contributed by atoms with van der Waals surface area (Å²) in [5.41, 5.74) is -1.55. The predicted molar refractivity (Wildman–Crippen MR) is 126 cm³/mol. The average Bonchev–Trinajstić information content (AvgIpc) is 2.83. The Balaban J connectivity index is 1.96. The van der Waals surface area contributed by atoms with Crippen molar-refractivity contribution in [1.82, 2.24) is 10.2 Å². The highest BCUT2D eigenvalue weighted by Gasteiger charge is 2.36. The van der Waals surface area contributed by atoms with E-state index in [0.717, 1.165) is 42.4 Å². The van der Waals surface area contributed by atoms with E-state index < -0.39 is 45.0 Å². The van der Waals surface area contributed by atoms with Gasteiger partial charge in [-0.05, 0) is 6.42 Å². The molecule has 1 aliphatic rings. The van der Waals surface area contributed by atoms with Crippen LogP contribution in [0, 0.1) is 20.2 Å². The lowest BCUT2D eigenvalue weighted by Gasteiger charge is -2.34. The van der Waals surface area contributed by atoms with Gasteiger partial charge in [-0.2, -0.15) is 0 Å². The van der Waals surface area contributed by atoms with Crippen LogP contribution in [0.5, 0.6) is 0 Å². The highest BCUT2D eigenvalue weighted by Crippen LogP contribution is 2.25. The molecule has 0 bridgehead atoms. The smallest absolute Gasteiger partial charge is 0.308 e. The van der Waals surface area contributed by atoms with Crippen LogP contribution in [-0.2, 0) is 14.3 Å². The predicted octanol–water partition coefficient (Wildman–Crippen LogP) is 3.52. The van der Waals surface area contributed by atoms with Crippen molar-refractivity contribution in [3.05, 3.63) is 44.0 Å². The van der Waals surface area contributed by atoms with Crippen LogP contribution in [0.4, 0.5) is 11.4 Å². The van der Waals surface area contributed by atoms with E-state index in [1.54, 1.807) is 0 Å². The average molecular weight is 493 g/mol. The number of rotatable bonds is 14. The number of nitrogens with one attached hydrogen (secondary N) is 1. The van der Waals surface area contributed by atoms with Crippen molar-refractivity contribution in [3.63, 3.8) is 0 Å². The Morgan fingerprint density at radius 1 is 1.00 bits per heavy atom. The lowest BCUT2D eigenvalue weighted by Crippen LogP contribution is -2.57. The largest absolute Gasteiger partial charge is 0.466 e. The molecule has 1 N–H and O–H groups in total. The lowest BCUT2D eigenvalue weighted by molar-refractivity contribution is -0.394. The molecule has 0 saturated carbocycles. The van der Waals surface area contributed by atoms with E-state index in [4.69, 9.17) is 4.74 Å². The number of amides is 2. The Bertz CT molecular complexity index is 904. The Labute approximate surface area is 203 Å². The number of unbranched alkanes of at least 4 members (excludes halogenated alkanes) is 7. The van der Waals surface area contributed by atoms with Gasteiger partial charge in [0.15, 0.2) is 0 Å². The summed E-state index contributed by atoms with van der Waals surface area (Å²) < 4.78 is 5.24. The molecule has 1 aromatic rings. The molecule has 0 spiro atoms. The number of non-ortho nitro benzene ring substituents is 2. The van der Waals surface area contributed by atoms with Gasteiger partial charge in [0.05, 0.1) is 34.5 Å². The fourth-order valence-electron chi connectivity index (χ4n) is 3.89. The summed E-state index contributed by atoms with van der Waals surface area (Å²) in [6, 6.07) is 1.40. The maximum atomic E-state index is 13.1. The first kappa shape index (κ1) is 27.7. The first-order valence-electron chi connectivity index (χ1n) is 11.9. The molecule has 1 saturated heterocycles. The fourth-order valence-corrected chi connectivity index (χ4v) is 3.89. The van der Waals surface area contributed by atoms with Crippen LogP contribution in [0.1, 0.15) is 75.1 Å². The van der Waals surface area contributed by atoms with E-state index in [0.29, 0.717) is 6.42 Å². The van der Waals surface area contributed by atoms with Crippen molar-refractivity contribution in [3.8, 4) is 0 Å². The van der Waals surface area contributed by atoms with Crippen molar-refractivity contribution in [1.29, 1.82) is 0 Å². The zero-order valence-corrected chi connectivity index (χ0v) is 19.9. The summed E-state index contributed by atoms with van der Waals surface area (Å²) >= 11 is 0. The van der Waals surface area contributed by atoms with Crippen LogP contribution in [0.15, 0.2) is 18.2 Å². The van der Waals surface area contributed by atoms with Gasteiger partial charge in [-0.1, -0.05) is 51.9 Å². The van der Waals surface area contributed by atoms with Gasteiger partial charge in [0.2, 0.25) is 5.91 Å². The van der Waals surface area contributed by atoms with E-state index in [-0.39, 0.29) is 31.7 Å². The Morgan fingerprint density at radius 2 is 1.57 bits per heavy atom. The number of piperazine rings is 1. The third kappa shape index (κ3) is 8.62. The molecule has 12 nitrogen and oxygen atoms in total. The summed E-state index contributed by atoms with van der Waals surface area (Å²) in [6.07, 6.45) is 8.32. The summed E-state index contributed by atoms with van der Waals surface area (Å²) in [5, 5.41) is 24.9. The molecule has 35 heavy (non-hydrogen) atoms. The van der Waals surface area contributed by atoms with Crippen LogP contribution in [0.25, 0.3) is 0 Å². The summed E-state index contributed by atoms with van der Waals surface area (Å²) in [4.78, 5) is 59.5. The minimum absolute atomic E-state index is 0.0387. The van der Waals surface area contributed by atoms with Crippen LogP contribution in [0.3, 0.4) is 0 Å². The molecule has 2 amide bonds. The SMILES string of the molecule is CCCCCCCCCCOC(=O)CC1C(=O)NCCN1C(=O)c1cc([N+](=O)[O-])cc([N+](=O)[O-])c1. The summed E-state index contributed by atoms with van der Waals surface area (Å²) in [7, 11) is 0. The number of nitro groups is 2. The molecule has 12 heteroatoms. The van der Waals surface area contributed by atoms with Crippen LogP contribution >= 0.6 is 0 Å². The van der Waals surface area contributed by atoms with Gasteiger partial charge in [0.1, 0.15) is 6.04 Å². The number of carbonyl (C=O) groups excluding carboxylic acids is 3. The molecule has 0 aromatic heterocycles.